The van der Waals surface area contributed by atoms with Gasteiger partial charge in [0, 0.05) is 31.6 Å². The van der Waals surface area contributed by atoms with Gasteiger partial charge in [0.05, 0.1) is 12.2 Å². The van der Waals surface area contributed by atoms with E-state index >= 15 is 0 Å². The molecule has 0 unspecified atom stereocenters. The van der Waals surface area contributed by atoms with Gasteiger partial charge < -0.3 is 14.6 Å². The van der Waals surface area contributed by atoms with Crippen molar-refractivity contribution in [1.82, 2.24) is 10.9 Å². The first kappa shape index (κ1) is 29.0. The summed E-state index contributed by atoms with van der Waals surface area (Å²) in [6.07, 6.45) is -4.71. The molecule has 1 amide bonds. The molecule has 4 rings (SSSR count). The van der Waals surface area contributed by atoms with Crippen molar-refractivity contribution in [3.8, 4) is 5.75 Å². The number of hydrogen-bond acceptors (Lipinski definition) is 6. The molecule has 0 aliphatic carbocycles. The summed E-state index contributed by atoms with van der Waals surface area (Å²) in [5, 5.41) is 8.91. The summed E-state index contributed by atoms with van der Waals surface area (Å²) < 4.78 is 64.6. The highest BCUT2D eigenvalue weighted by Crippen LogP contribution is 2.33. The molecule has 0 radical (unpaired) electrons. The second-order valence-electron chi connectivity index (χ2n) is 9.37. The topological polar surface area (TPSA) is 92.2 Å². The van der Waals surface area contributed by atoms with Gasteiger partial charge in [0.15, 0.2) is 5.54 Å². The maximum Gasteiger partial charge on any atom is 0.416 e. The molecule has 11 heteroatoms. The first-order valence-corrected chi connectivity index (χ1v) is 12.7. The zero-order valence-electron chi connectivity index (χ0n) is 21.7. The van der Waals surface area contributed by atoms with E-state index in [4.69, 9.17) is 19.6 Å². The molecule has 212 valence electrons. The molecule has 0 saturated carbocycles. The summed E-state index contributed by atoms with van der Waals surface area (Å²) >= 11 is 0. The van der Waals surface area contributed by atoms with Gasteiger partial charge in [0.1, 0.15) is 17.7 Å². The Kier molecular flexibility index (Phi) is 9.06. The van der Waals surface area contributed by atoms with E-state index < -0.39 is 35.1 Å². The standard InChI is InChI=1S/C29H29F4N3O4/c1-19-28(17-20-6-3-2-4-7-20,35-26(40-19)22-8-10-25(11-9-22)39-13-5-12-37)27(38)36-34-18-21-14-23(29(31,32)33)16-24(30)15-21/h2-4,6-11,14-16,19,34,37H,5,12-13,17-18H2,1H3,(H,36,38)/t19-,28-/m0/s1. The van der Waals surface area contributed by atoms with Crippen molar-refractivity contribution >= 4 is 11.8 Å². The fraction of sp³-hybridized carbons (Fsp3) is 0.310. The first-order valence-electron chi connectivity index (χ1n) is 12.7. The van der Waals surface area contributed by atoms with Crippen LogP contribution in [0.1, 0.15) is 35.6 Å². The number of ether oxygens (including phenoxy) is 2. The minimum Gasteiger partial charge on any atom is -0.494 e. The van der Waals surface area contributed by atoms with Crippen LogP contribution in [0, 0.1) is 5.82 Å². The zero-order valence-corrected chi connectivity index (χ0v) is 21.7. The number of aliphatic imine (C=N–C) groups is 1. The number of hydrogen-bond donors (Lipinski definition) is 3. The number of benzene rings is 3. The number of rotatable bonds is 11. The highest BCUT2D eigenvalue weighted by atomic mass is 19.4. The Morgan fingerprint density at radius 3 is 2.48 bits per heavy atom. The summed E-state index contributed by atoms with van der Waals surface area (Å²) in [6, 6.07) is 18.4. The predicted octanol–water partition coefficient (Wildman–Crippen LogP) is 4.57. The van der Waals surface area contributed by atoms with Gasteiger partial charge in [-0.1, -0.05) is 30.3 Å². The number of aliphatic hydroxyl groups excluding tert-OH is 1. The van der Waals surface area contributed by atoms with E-state index in [0.29, 0.717) is 30.4 Å². The molecule has 1 heterocycles. The molecular weight excluding hydrogens is 530 g/mol. The van der Waals surface area contributed by atoms with E-state index in [1.165, 1.54) is 0 Å². The molecule has 1 aliphatic rings. The predicted molar refractivity (Wildman–Crippen MR) is 140 cm³/mol. The van der Waals surface area contributed by atoms with E-state index in [-0.39, 0.29) is 31.0 Å². The Morgan fingerprint density at radius 1 is 1.07 bits per heavy atom. The van der Waals surface area contributed by atoms with Crippen LogP contribution in [0.15, 0.2) is 77.8 Å². The molecule has 1 aliphatic heterocycles. The molecule has 0 bridgehead atoms. The van der Waals surface area contributed by atoms with Crippen molar-refractivity contribution in [1.29, 1.82) is 0 Å². The van der Waals surface area contributed by atoms with E-state index in [1.807, 2.05) is 30.3 Å². The van der Waals surface area contributed by atoms with Gasteiger partial charge in [0.2, 0.25) is 5.90 Å². The molecule has 3 aromatic rings. The Balaban J connectivity index is 1.54. The molecule has 40 heavy (non-hydrogen) atoms. The minimum atomic E-state index is -4.70. The lowest BCUT2D eigenvalue weighted by atomic mass is 9.86. The number of halogens is 4. The zero-order chi connectivity index (χ0) is 28.8. The minimum absolute atomic E-state index is 0.00550. The molecule has 0 fully saturated rings. The van der Waals surface area contributed by atoms with Gasteiger partial charge in [-0.3, -0.25) is 10.2 Å². The van der Waals surface area contributed by atoms with Crippen LogP contribution in [0.5, 0.6) is 5.75 Å². The molecule has 7 nitrogen and oxygen atoms in total. The number of aliphatic hydroxyl groups is 1. The third kappa shape index (κ3) is 6.97. The Bertz CT molecular complexity index is 1330. The fourth-order valence-corrected chi connectivity index (χ4v) is 4.30. The normalized spacial score (nSPS) is 18.6. The first-order chi connectivity index (χ1) is 19.1. The lowest BCUT2D eigenvalue weighted by molar-refractivity contribution is -0.138. The third-order valence-electron chi connectivity index (χ3n) is 6.42. The van der Waals surface area contributed by atoms with Crippen molar-refractivity contribution in [3.63, 3.8) is 0 Å². The summed E-state index contributed by atoms with van der Waals surface area (Å²) in [6.45, 7) is 1.85. The number of nitrogens with zero attached hydrogens (tertiary/aromatic N) is 1. The van der Waals surface area contributed by atoms with Crippen molar-refractivity contribution in [2.45, 2.75) is 44.1 Å². The number of carbonyl (C=O) groups is 1. The smallest absolute Gasteiger partial charge is 0.416 e. The van der Waals surface area contributed by atoms with Gasteiger partial charge in [0.25, 0.3) is 5.91 Å². The van der Waals surface area contributed by atoms with Gasteiger partial charge in [-0.2, -0.15) is 13.2 Å². The maximum atomic E-state index is 13.8. The summed E-state index contributed by atoms with van der Waals surface area (Å²) in [5.41, 5.74) is 4.07. The molecule has 2 atom stereocenters. The summed E-state index contributed by atoms with van der Waals surface area (Å²) in [7, 11) is 0. The van der Waals surface area contributed by atoms with Crippen LogP contribution < -0.4 is 15.6 Å². The highest BCUT2D eigenvalue weighted by Gasteiger charge is 2.50. The van der Waals surface area contributed by atoms with Crippen LogP contribution in [-0.2, 0) is 28.7 Å². The molecule has 3 N–H and O–H groups in total. The number of carbonyl (C=O) groups excluding carboxylic acids is 1. The molecule has 0 saturated heterocycles. The largest absolute Gasteiger partial charge is 0.494 e. The van der Waals surface area contributed by atoms with Crippen LogP contribution in [0.4, 0.5) is 17.6 Å². The second kappa shape index (κ2) is 12.5. The van der Waals surface area contributed by atoms with Crippen LogP contribution in [0.2, 0.25) is 0 Å². The number of amides is 1. The molecule has 0 aromatic heterocycles. The van der Waals surface area contributed by atoms with Gasteiger partial charge in [-0.25, -0.2) is 14.8 Å². The van der Waals surface area contributed by atoms with Crippen molar-refractivity contribution < 1.29 is 36.9 Å². The van der Waals surface area contributed by atoms with E-state index in [9.17, 15) is 22.4 Å². The lowest BCUT2D eigenvalue weighted by Gasteiger charge is -2.28. The molecule has 0 spiro atoms. The van der Waals surface area contributed by atoms with Gasteiger partial charge in [-0.15, -0.1) is 0 Å². The Hall–Kier alpha value is -3.96. The highest BCUT2D eigenvalue weighted by molar-refractivity contribution is 6.00. The summed E-state index contributed by atoms with van der Waals surface area (Å²) in [4.78, 5) is 18.3. The van der Waals surface area contributed by atoms with Gasteiger partial charge in [-0.05, 0) is 60.5 Å². The van der Waals surface area contributed by atoms with Crippen molar-refractivity contribution in [2.75, 3.05) is 13.2 Å². The quantitative estimate of drug-likeness (QED) is 0.182. The average Bonchev–Trinajstić information content (AvgIpc) is 3.25. The SMILES string of the molecule is C[C@@H]1OC(c2ccc(OCCCO)cc2)=N[C@]1(Cc1ccccc1)C(=O)NNCc1cc(F)cc(C(F)(F)F)c1. The Morgan fingerprint density at radius 2 is 1.80 bits per heavy atom. The third-order valence-corrected chi connectivity index (χ3v) is 6.42. The van der Waals surface area contributed by atoms with Crippen LogP contribution >= 0.6 is 0 Å². The summed E-state index contributed by atoms with van der Waals surface area (Å²) in [5.74, 6) is -0.738. The maximum absolute atomic E-state index is 13.8. The lowest BCUT2D eigenvalue weighted by Crippen LogP contribution is -2.55. The number of nitrogens with one attached hydrogen (secondary N) is 2. The Labute approximate surface area is 228 Å². The molecular formula is C29H29F4N3O4. The van der Waals surface area contributed by atoms with Gasteiger partial charge >= 0.3 is 6.18 Å². The van der Waals surface area contributed by atoms with Crippen molar-refractivity contribution in [2.24, 2.45) is 4.99 Å². The fourth-order valence-electron chi connectivity index (χ4n) is 4.30. The number of hydrazine groups is 1. The van der Waals surface area contributed by atoms with Crippen LogP contribution in [-0.4, -0.2) is 41.8 Å². The average molecular weight is 560 g/mol. The van der Waals surface area contributed by atoms with E-state index in [0.717, 1.165) is 17.7 Å². The number of alkyl halides is 3. The van der Waals surface area contributed by atoms with E-state index in [1.54, 1.807) is 31.2 Å². The molecule has 3 aromatic carbocycles. The van der Waals surface area contributed by atoms with Crippen LogP contribution in [0.3, 0.4) is 0 Å². The van der Waals surface area contributed by atoms with E-state index in [2.05, 4.69) is 10.9 Å². The monoisotopic (exact) mass is 559 g/mol. The van der Waals surface area contributed by atoms with Crippen molar-refractivity contribution in [3.05, 3.63) is 101 Å². The van der Waals surface area contributed by atoms with Crippen LogP contribution in [0.25, 0.3) is 0 Å². The second-order valence-corrected chi connectivity index (χ2v) is 9.37.